The molecule has 5 nitrogen and oxygen atoms in total. The topological polar surface area (TPSA) is 66.6 Å². The zero-order chi connectivity index (χ0) is 14.9. The summed E-state index contributed by atoms with van der Waals surface area (Å²) < 4.78 is 26.1. The van der Waals surface area contributed by atoms with Crippen LogP contribution in [0.25, 0.3) is 0 Å². The fourth-order valence-electron chi connectivity index (χ4n) is 2.49. The van der Waals surface area contributed by atoms with Gasteiger partial charge in [-0.1, -0.05) is 12.1 Å². The normalized spacial score (nSPS) is 17.2. The van der Waals surface area contributed by atoms with Gasteiger partial charge in [-0.3, -0.25) is 0 Å². The lowest BCUT2D eigenvalue weighted by Crippen LogP contribution is -2.40. The molecule has 1 aliphatic rings. The van der Waals surface area contributed by atoms with Crippen LogP contribution in [0.4, 0.5) is 5.69 Å². The monoisotopic (exact) mass is 297 g/mol. The molecule has 0 saturated heterocycles. The van der Waals surface area contributed by atoms with Crippen LogP contribution >= 0.6 is 0 Å². The first-order valence-corrected chi connectivity index (χ1v) is 8.28. The van der Waals surface area contributed by atoms with E-state index in [0.29, 0.717) is 17.4 Å². The number of hydrogen-bond donors (Lipinski definition) is 1. The maximum Gasteiger partial charge on any atom is 0.244 e. The van der Waals surface area contributed by atoms with Gasteiger partial charge in [-0.25, -0.2) is 12.7 Å². The van der Waals surface area contributed by atoms with Crippen LogP contribution in [-0.2, 0) is 10.0 Å². The van der Waals surface area contributed by atoms with E-state index in [9.17, 15) is 8.42 Å². The molecule has 1 fully saturated rings. The largest absolute Gasteiger partial charge is 0.369 e. The predicted octanol–water partition coefficient (Wildman–Crippen LogP) is 1.11. The summed E-state index contributed by atoms with van der Waals surface area (Å²) in [5.74, 6) is 0.583. The van der Waals surface area contributed by atoms with Crippen LogP contribution < -0.4 is 10.6 Å². The van der Waals surface area contributed by atoms with Crippen molar-refractivity contribution in [1.29, 1.82) is 0 Å². The van der Waals surface area contributed by atoms with Gasteiger partial charge in [0.05, 0.1) is 5.69 Å². The molecule has 1 atom stereocenters. The van der Waals surface area contributed by atoms with E-state index >= 15 is 0 Å². The second-order valence-corrected chi connectivity index (χ2v) is 7.63. The minimum atomic E-state index is -3.45. The third-order valence-electron chi connectivity index (χ3n) is 3.91. The highest BCUT2D eigenvalue weighted by molar-refractivity contribution is 7.89. The summed E-state index contributed by atoms with van der Waals surface area (Å²) in [7, 11) is 1.58. The fraction of sp³-hybridized carbons (Fsp3) is 0.571. The highest BCUT2D eigenvalue weighted by atomic mass is 32.2. The summed E-state index contributed by atoms with van der Waals surface area (Å²) in [5.41, 5.74) is 6.59. The van der Waals surface area contributed by atoms with Gasteiger partial charge in [0.2, 0.25) is 10.0 Å². The van der Waals surface area contributed by atoms with E-state index in [4.69, 9.17) is 5.73 Å². The number of rotatable bonds is 6. The van der Waals surface area contributed by atoms with Crippen molar-refractivity contribution in [2.24, 2.45) is 11.7 Å². The van der Waals surface area contributed by atoms with E-state index < -0.39 is 10.0 Å². The lowest BCUT2D eigenvalue weighted by molar-refractivity contribution is 0.518. The number of sulfonamides is 1. The van der Waals surface area contributed by atoms with E-state index in [2.05, 4.69) is 0 Å². The molecule has 1 aromatic rings. The molecule has 0 spiro atoms. The van der Waals surface area contributed by atoms with Crippen LogP contribution in [0.3, 0.4) is 0 Å². The molecule has 0 amide bonds. The number of anilines is 1. The van der Waals surface area contributed by atoms with Gasteiger partial charge in [0.15, 0.2) is 0 Å². The Bertz CT molecular complexity index is 568. The van der Waals surface area contributed by atoms with Crippen molar-refractivity contribution in [1.82, 2.24) is 4.31 Å². The van der Waals surface area contributed by atoms with Crippen LogP contribution in [0, 0.1) is 5.92 Å². The Morgan fingerprint density at radius 1 is 1.25 bits per heavy atom. The molecule has 1 saturated carbocycles. The third kappa shape index (κ3) is 2.82. The third-order valence-corrected chi connectivity index (χ3v) is 5.77. The first kappa shape index (κ1) is 15.3. The zero-order valence-corrected chi connectivity index (χ0v) is 13.1. The Kier molecular flexibility index (Phi) is 4.36. The van der Waals surface area contributed by atoms with Crippen molar-refractivity contribution >= 4 is 15.7 Å². The highest BCUT2D eigenvalue weighted by Crippen LogP contribution is 2.37. The first-order chi connectivity index (χ1) is 9.39. The summed E-state index contributed by atoms with van der Waals surface area (Å²) in [4.78, 5) is 2.36. The van der Waals surface area contributed by atoms with Crippen LogP contribution in [0.15, 0.2) is 29.2 Å². The SMILES string of the molecule is CN(c1ccccc1S(=O)(=O)N(C)C)C(CN)C1CC1. The van der Waals surface area contributed by atoms with Crippen molar-refractivity contribution in [2.75, 3.05) is 32.6 Å². The van der Waals surface area contributed by atoms with E-state index in [1.54, 1.807) is 26.2 Å². The zero-order valence-electron chi connectivity index (χ0n) is 12.3. The summed E-state index contributed by atoms with van der Waals surface area (Å²) in [5, 5.41) is 0. The molecule has 20 heavy (non-hydrogen) atoms. The Morgan fingerprint density at radius 2 is 1.85 bits per heavy atom. The molecule has 2 rings (SSSR count). The van der Waals surface area contributed by atoms with Crippen molar-refractivity contribution in [2.45, 2.75) is 23.8 Å². The van der Waals surface area contributed by atoms with E-state index in [1.807, 2.05) is 24.1 Å². The maximum atomic E-state index is 12.4. The molecule has 112 valence electrons. The molecular weight excluding hydrogens is 274 g/mol. The number of para-hydroxylation sites is 1. The highest BCUT2D eigenvalue weighted by Gasteiger charge is 2.34. The van der Waals surface area contributed by atoms with E-state index in [1.165, 1.54) is 17.1 Å². The number of benzene rings is 1. The van der Waals surface area contributed by atoms with Gasteiger partial charge in [-0.15, -0.1) is 0 Å². The smallest absolute Gasteiger partial charge is 0.244 e. The second kappa shape index (κ2) is 5.71. The standard InChI is InChI=1S/C14H23N3O2S/c1-16(2)20(18,19)14-7-5-4-6-12(14)17(3)13(10-15)11-8-9-11/h4-7,11,13H,8-10,15H2,1-3H3. The molecule has 1 unspecified atom stereocenters. The molecule has 0 aliphatic heterocycles. The molecule has 1 aromatic carbocycles. The lowest BCUT2D eigenvalue weighted by atomic mass is 10.1. The molecule has 0 heterocycles. The van der Waals surface area contributed by atoms with Crippen molar-refractivity contribution < 1.29 is 8.42 Å². The van der Waals surface area contributed by atoms with Crippen LogP contribution in [0.2, 0.25) is 0 Å². The lowest BCUT2D eigenvalue weighted by Gasteiger charge is -2.31. The summed E-state index contributed by atoms with van der Waals surface area (Å²) in [6, 6.07) is 7.32. The van der Waals surface area contributed by atoms with E-state index in [0.717, 1.165) is 5.69 Å². The van der Waals surface area contributed by atoms with E-state index in [-0.39, 0.29) is 6.04 Å². The summed E-state index contributed by atoms with van der Waals surface area (Å²) in [6.45, 7) is 0.539. The van der Waals surface area contributed by atoms with Crippen molar-refractivity contribution in [3.63, 3.8) is 0 Å². The predicted molar refractivity (Wildman–Crippen MR) is 81.3 cm³/mol. The van der Waals surface area contributed by atoms with Crippen molar-refractivity contribution in [3.8, 4) is 0 Å². The molecule has 6 heteroatoms. The van der Waals surface area contributed by atoms with Crippen LogP contribution in [0.1, 0.15) is 12.8 Å². The van der Waals surface area contributed by atoms with Gasteiger partial charge in [0.1, 0.15) is 4.90 Å². The van der Waals surface area contributed by atoms with Gasteiger partial charge in [0.25, 0.3) is 0 Å². The number of nitrogens with zero attached hydrogens (tertiary/aromatic N) is 2. The fourth-order valence-corrected chi connectivity index (χ4v) is 3.61. The second-order valence-electron chi connectivity index (χ2n) is 5.51. The first-order valence-electron chi connectivity index (χ1n) is 6.84. The van der Waals surface area contributed by atoms with Gasteiger partial charge in [-0.2, -0.15) is 0 Å². The maximum absolute atomic E-state index is 12.4. The average Bonchev–Trinajstić information content (AvgIpc) is 3.24. The van der Waals surface area contributed by atoms with Gasteiger partial charge < -0.3 is 10.6 Å². The Morgan fingerprint density at radius 3 is 2.35 bits per heavy atom. The minimum absolute atomic E-state index is 0.202. The Hall–Kier alpha value is -1.11. The van der Waals surface area contributed by atoms with Gasteiger partial charge >= 0.3 is 0 Å². The van der Waals surface area contributed by atoms with Gasteiger partial charge in [-0.05, 0) is 30.9 Å². The Labute approximate surface area is 121 Å². The van der Waals surface area contributed by atoms with Crippen LogP contribution in [-0.4, -0.2) is 46.5 Å². The van der Waals surface area contributed by atoms with Gasteiger partial charge in [0, 0.05) is 33.7 Å². The summed E-state index contributed by atoms with van der Waals surface area (Å²) in [6.07, 6.45) is 2.35. The molecule has 0 aromatic heterocycles. The minimum Gasteiger partial charge on any atom is -0.369 e. The number of likely N-dealkylation sites (N-methyl/N-ethyl adjacent to an activating group) is 1. The molecule has 0 radical (unpaired) electrons. The molecule has 2 N–H and O–H groups in total. The Balaban J connectivity index is 2.42. The summed E-state index contributed by atoms with van der Waals surface area (Å²) >= 11 is 0. The van der Waals surface area contributed by atoms with Crippen molar-refractivity contribution in [3.05, 3.63) is 24.3 Å². The number of hydrogen-bond acceptors (Lipinski definition) is 4. The molecular formula is C14H23N3O2S. The molecule has 0 bridgehead atoms. The quantitative estimate of drug-likeness (QED) is 0.854. The molecule has 1 aliphatic carbocycles. The number of nitrogens with two attached hydrogens (primary N) is 1. The van der Waals surface area contributed by atoms with Crippen LogP contribution in [0.5, 0.6) is 0 Å². The average molecular weight is 297 g/mol.